The summed E-state index contributed by atoms with van der Waals surface area (Å²) < 4.78 is 37.8. The fourth-order valence-corrected chi connectivity index (χ4v) is 2.31. The fourth-order valence-electron chi connectivity index (χ4n) is 2.31. The Labute approximate surface area is 165 Å². The van der Waals surface area contributed by atoms with Gasteiger partial charge in [-0.2, -0.15) is 0 Å². The van der Waals surface area contributed by atoms with Crippen molar-refractivity contribution < 1.29 is 32.3 Å². The molecular weight excluding hydrogens is 388 g/mol. The van der Waals surface area contributed by atoms with E-state index in [9.17, 15) is 23.2 Å². The molecule has 1 aromatic heterocycles. The van der Waals surface area contributed by atoms with Crippen LogP contribution in [0.3, 0.4) is 0 Å². The SMILES string of the molecule is CC(C)NC(=O)NC(=O)C(C)OC(=O)CCc1ncc(-c2c(F)cccc2F)o1. The number of carbonyl (C=O) groups is 3. The molecule has 8 nitrogen and oxygen atoms in total. The van der Waals surface area contributed by atoms with Gasteiger partial charge in [0.05, 0.1) is 18.2 Å². The molecule has 1 heterocycles. The van der Waals surface area contributed by atoms with E-state index in [1.54, 1.807) is 13.8 Å². The molecule has 2 N–H and O–H groups in total. The average molecular weight is 409 g/mol. The van der Waals surface area contributed by atoms with Crippen molar-refractivity contribution >= 4 is 17.9 Å². The summed E-state index contributed by atoms with van der Waals surface area (Å²) in [5, 5.41) is 4.52. The van der Waals surface area contributed by atoms with Crippen LogP contribution < -0.4 is 10.6 Å². The Bertz CT molecular complexity index is 877. The number of imide groups is 1. The maximum absolute atomic E-state index is 13.8. The zero-order valence-electron chi connectivity index (χ0n) is 16.1. The third-order valence-corrected chi connectivity index (χ3v) is 3.64. The van der Waals surface area contributed by atoms with Crippen molar-refractivity contribution in [3.8, 4) is 11.3 Å². The lowest BCUT2D eigenvalue weighted by Gasteiger charge is -2.14. The number of hydrogen-bond acceptors (Lipinski definition) is 6. The number of ether oxygens (including phenoxy) is 1. The van der Waals surface area contributed by atoms with Crippen LogP contribution in [0.1, 0.15) is 33.1 Å². The molecule has 0 aliphatic rings. The Kier molecular flexibility index (Phi) is 7.40. The van der Waals surface area contributed by atoms with Crippen molar-refractivity contribution in [1.82, 2.24) is 15.6 Å². The number of urea groups is 1. The number of oxazole rings is 1. The van der Waals surface area contributed by atoms with Crippen molar-refractivity contribution in [3.63, 3.8) is 0 Å². The Morgan fingerprint density at radius 2 is 1.83 bits per heavy atom. The van der Waals surface area contributed by atoms with Gasteiger partial charge in [0, 0.05) is 12.5 Å². The third-order valence-electron chi connectivity index (χ3n) is 3.64. The number of esters is 1. The van der Waals surface area contributed by atoms with Gasteiger partial charge in [-0.05, 0) is 32.9 Å². The van der Waals surface area contributed by atoms with Crippen LogP contribution >= 0.6 is 0 Å². The van der Waals surface area contributed by atoms with Crippen molar-refractivity contribution in [2.75, 3.05) is 0 Å². The van der Waals surface area contributed by atoms with Gasteiger partial charge in [-0.3, -0.25) is 14.9 Å². The number of aryl methyl sites for hydroxylation is 1. The summed E-state index contributed by atoms with van der Waals surface area (Å²) in [6.45, 7) is 4.77. The highest BCUT2D eigenvalue weighted by Gasteiger charge is 2.21. The maximum Gasteiger partial charge on any atom is 0.321 e. The summed E-state index contributed by atoms with van der Waals surface area (Å²) in [5.41, 5.74) is -0.348. The van der Waals surface area contributed by atoms with Gasteiger partial charge in [0.2, 0.25) is 0 Å². The number of rotatable bonds is 7. The molecule has 0 saturated carbocycles. The molecule has 0 radical (unpaired) electrons. The molecule has 0 aliphatic heterocycles. The molecule has 29 heavy (non-hydrogen) atoms. The van der Waals surface area contributed by atoms with Gasteiger partial charge in [0.15, 0.2) is 17.8 Å². The number of nitrogens with one attached hydrogen (secondary N) is 2. The Hall–Kier alpha value is -3.30. The molecule has 156 valence electrons. The molecule has 0 fully saturated rings. The van der Waals surface area contributed by atoms with E-state index in [-0.39, 0.29) is 36.1 Å². The fraction of sp³-hybridized carbons (Fsp3) is 0.368. The lowest BCUT2D eigenvalue weighted by molar-refractivity contribution is -0.154. The minimum Gasteiger partial charge on any atom is -0.453 e. The highest BCUT2D eigenvalue weighted by atomic mass is 19.1. The summed E-state index contributed by atoms with van der Waals surface area (Å²) in [7, 11) is 0. The summed E-state index contributed by atoms with van der Waals surface area (Å²) in [5.74, 6) is -3.12. The first-order valence-corrected chi connectivity index (χ1v) is 8.87. The van der Waals surface area contributed by atoms with E-state index in [1.807, 2.05) is 0 Å². The van der Waals surface area contributed by atoms with Gasteiger partial charge in [0.1, 0.15) is 11.6 Å². The summed E-state index contributed by atoms with van der Waals surface area (Å²) in [4.78, 5) is 39.1. The van der Waals surface area contributed by atoms with Crippen LogP contribution in [0.4, 0.5) is 13.6 Å². The Balaban J connectivity index is 1.86. The number of amides is 3. The third kappa shape index (κ3) is 6.37. The average Bonchev–Trinajstić information content (AvgIpc) is 3.07. The molecule has 10 heteroatoms. The first-order chi connectivity index (χ1) is 13.7. The van der Waals surface area contributed by atoms with Crippen LogP contribution in [0.2, 0.25) is 0 Å². The lowest BCUT2D eigenvalue weighted by Crippen LogP contribution is -2.46. The number of hydrogen-bond donors (Lipinski definition) is 2. The smallest absolute Gasteiger partial charge is 0.321 e. The van der Waals surface area contributed by atoms with E-state index >= 15 is 0 Å². The Morgan fingerprint density at radius 1 is 1.17 bits per heavy atom. The lowest BCUT2D eigenvalue weighted by atomic mass is 10.1. The topological polar surface area (TPSA) is 111 Å². The van der Waals surface area contributed by atoms with Crippen molar-refractivity contribution in [1.29, 1.82) is 0 Å². The minimum atomic E-state index is -1.19. The molecule has 0 spiro atoms. The zero-order chi connectivity index (χ0) is 21.6. The zero-order valence-corrected chi connectivity index (χ0v) is 16.1. The van der Waals surface area contributed by atoms with Crippen LogP contribution in [0.15, 0.2) is 28.8 Å². The number of nitrogens with zero attached hydrogens (tertiary/aromatic N) is 1. The Morgan fingerprint density at radius 3 is 2.45 bits per heavy atom. The number of carbonyl (C=O) groups excluding carboxylic acids is 3. The standard InChI is InChI=1S/C19H21F2N3O5/c1-10(2)23-19(27)24-18(26)11(3)28-16(25)8-7-15-22-9-14(29-15)17-12(20)5-4-6-13(17)21/h4-6,9-11H,7-8H2,1-3H3,(H2,23,24,26,27). The number of aromatic nitrogens is 1. The highest BCUT2D eigenvalue weighted by molar-refractivity contribution is 5.97. The molecule has 1 aromatic carbocycles. The second-order valence-electron chi connectivity index (χ2n) is 6.46. The van der Waals surface area contributed by atoms with E-state index in [2.05, 4.69) is 15.6 Å². The van der Waals surface area contributed by atoms with Crippen LogP contribution in [-0.2, 0) is 20.7 Å². The molecule has 0 aliphatic carbocycles. The maximum atomic E-state index is 13.8. The van der Waals surface area contributed by atoms with E-state index in [1.165, 1.54) is 13.0 Å². The normalized spacial score (nSPS) is 11.8. The first kappa shape index (κ1) is 22.0. The molecule has 1 atom stereocenters. The van der Waals surface area contributed by atoms with E-state index in [0.717, 1.165) is 18.3 Å². The van der Waals surface area contributed by atoms with Crippen molar-refractivity contribution in [3.05, 3.63) is 41.9 Å². The van der Waals surface area contributed by atoms with Crippen molar-refractivity contribution in [2.45, 2.75) is 45.8 Å². The molecule has 0 saturated heterocycles. The van der Waals surface area contributed by atoms with Crippen LogP contribution in [0.5, 0.6) is 0 Å². The summed E-state index contributed by atoms with van der Waals surface area (Å²) >= 11 is 0. The first-order valence-electron chi connectivity index (χ1n) is 8.87. The van der Waals surface area contributed by atoms with Gasteiger partial charge in [0.25, 0.3) is 5.91 Å². The van der Waals surface area contributed by atoms with Gasteiger partial charge >= 0.3 is 12.0 Å². The highest BCUT2D eigenvalue weighted by Crippen LogP contribution is 2.26. The van der Waals surface area contributed by atoms with Crippen LogP contribution in [0.25, 0.3) is 11.3 Å². The van der Waals surface area contributed by atoms with Gasteiger partial charge in [-0.1, -0.05) is 6.07 Å². The monoisotopic (exact) mass is 409 g/mol. The van der Waals surface area contributed by atoms with Crippen LogP contribution in [0, 0.1) is 11.6 Å². The van der Waals surface area contributed by atoms with Crippen LogP contribution in [-0.4, -0.2) is 35.0 Å². The second kappa shape index (κ2) is 9.76. The molecule has 1 unspecified atom stereocenters. The summed E-state index contributed by atoms with van der Waals surface area (Å²) in [6.07, 6.45) is -0.217. The number of halogens is 2. The molecule has 3 amide bonds. The van der Waals surface area contributed by atoms with Gasteiger partial charge in [-0.15, -0.1) is 0 Å². The summed E-state index contributed by atoms with van der Waals surface area (Å²) in [6, 6.07) is 2.55. The molecule has 2 aromatic rings. The largest absolute Gasteiger partial charge is 0.453 e. The predicted molar refractivity (Wildman–Crippen MR) is 97.5 cm³/mol. The van der Waals surface area contributed by atoms with E-state index < -0.39 is 35.6 Å². The second-order valence-corrected chi connectivity index (χ2v) is 6.46. The van der Waals surface area contributed by atoms with Gasteiger partial charge < -0.3 is 14.5 Å². The molecule has 2 rings (SSSR count). The van der Waals surface area contributed by atoms with E-state index in [4.69, 9.17) is 9.15 Å². The quantitative estimate of drug-likeness (QED) is 0.681. The molecule has 0 bridgehead atoms. The molecular formula is C19H21F2N3O5. The van der Waals surface area contributed by atoms with Crippen molar-refractivity contribution in [2.24, 2.45) is 0 Å². The number of benzene rings is 1. The van der Waals surface area contributed by atoms with Gasteiger partial charge in [-0.25, -0.2) is 18.6 Å². The predicted octanol–water partition coefficient (Wildman–Crippen LogP) is 2.72. The minimum absolute atomic E-state index is 0.00290. The van der Waals surface area contributed by atoms with E-state index in [0.29, 0.717) is 0 Å².